The summed E-state index contributed by atoms with van der Waals surface area (Å²) in [6.07, 6.45) is 1.19. The highest BCUT2D eigenvalue weighted by molar-refractivity contribution is 5.28. The molecular weight excluding hydrogens is 158 g/mol. The summed E-state index contributed by atoms with van der Waals surface area (Å²) in [7, 11) is 0. The van der Waals surface area contributed by atoms with E-state index in [-0.39, 0.29) is 0 Å². The van der Waals surface area contributed by atoms with Crippen LogP contribution in [0.5, 0.6) is 0 Å². The van der Waals surface area contributed by atoms with E-state index in [0.29, 0.717) is 6.04 Å². The standard InChI is InChI=1S/C12H19N/c1-4-9-13-11(3)12-8-6-5-7-10(12)2/h5-8,11,13H,4,9H2,1-3H3/t11-/m0/s1. The van der Waals surface area contributed by atoms with Crippen molar-refractivity contribution in [3.05, 3.63) is 35.4 Å². The maximum Gasteiger partial charge on any atom is 0.0294 e. The fourth-order valence-corrected chi connectivity index (χ4v) is 1.54. The Morgan fingerprint density at radius 3 is 2.62 bits per heavy atom. The van der Waals surface area contributed by atoms with Crippen molar-refractivity contribution in [2.75, 3.05) is 6.54 Å². The number of rotatable bonds is 4. The van der Waals surface area contributed by atoms with Crippen molar-refractivity contribution in [1.82, 2.24) is 5.32 Å². The van der Waals surface area contributed by atoms with Gasteiger partial charge < -0.3 is 5.32 Å². The molecule has 1 nitrogen and oxygen atoms in total. The second-order valence-corrected chi connectivity index (χ2v) is 3.53. The van der Waals surface area contributed by atoms with Crippen LogP contribution in [0, 0.1) is 6.92 Å². The quantitative estimate of drug-likeness (QED) is 0.745. The average Bonchev–Trinajstić information content (AvgIpc) is 2.15. The number of benzene rings is 1. The third-order valence-corrected chi connectivity index (χ3v) is 2.36. The molecule has 0 saturated heterocycles. The summed E-state index contributed by atoms with van der Waals surface area (Å²) in [5.41, 5.74) is 2.79. The maximum atomic E-state index is 3.49. The van der Waals surface area contributed by atoms with Gasteiger partial charge in [0.1, 0.15) is 0 Å². The predicted octanol–water partition coefficient (Wildman–Crippen LogP) is 3.06. The Morgan fingerprint density at radius 2 is 2.00 bits per heavy atom. The largest absolute Gasteiger partial charge is 0.310 e. The Morgan fingerprint density at radius 1 is 1.31 bits per heavy atom. The molecule has 0 spiro atoms. The zero-order valence-electron chi connectivity index (χ0n) is 8.80. The monoisotopic (exact) mass is 177 g/mol. The lowest BCUT2D eigenvalue weighted by Gasteiger charge is -2.15. The van der Waals surface area contributed by atoms with Crippen LogP contribution in [0.3, 0.4) is 0 Å². The van der Waals surface area contributed by atoms with E-state index >= 15 is 0 Å². The first kappa shape index (κ1) is 10.3. The second-order valence-electron chi connectivity index (χ2n) is 3.53. The van der Waals surface area contributed by atoms with Crippen LogP contribution in [-0.4, -0.2) is 6.54 Å². The van der Waals surface area contributed by atoms with Gasteiger partial charge in [0.2, 0.25) is 0 Å². The first-order chi connectivity index (χ1) is 6.25. The number of hydrogen-bond acceptors (Lipinski definition) is 1. The van der Waals surface area contributed by atoms with Gasteiger partial charge in [0, 0.05) is 6.04 Å². The van der Waals surface area contributed by atoms with E-state index in [1.807, 2.05) is 0 Å². The van der Waals surface area contributed by atoms with Gasteiger partial charge in [0.05, 0.1) is 0 Å². The summed E-state index contributed by atoms with van der Waals surface area (Å²) in [4.78, 5) is 0. The topological polar surface area (TPSA) is 12.0 Å². The molecule has 0 aliphatic rings. The number of nitrogens with one attached hydrogen (secondary N) is 1. The molecule has 1 atom stereocenters. The minimum absolute atomic E-state index is 0.473. The maximum absolute atomic E-state index is 3.49. The van der Waals surface area contributed by atoms with Gasteiger partial charge in [-0.25, -0.2) is 0 Å². The van der Waals surface area contributed by atoms with Crippen molar-refractivity contribution in [2.45, 2.75) is 33.2 Å². The van der Waals surface area contributed by atoms with Crippen LogP contribution in [0.4, 0.5) is 0 Å². The molecule has 0 aromatic heterocycles. The molecule has 0 saturated carbocycles. The highest BCUT2D eigenvalue weighted by Crippen LogP contribution is 2.16. The Labute approximate surface area is 81.2 Å². The molecule has 13 heavy (non-hydrogen) atoms. The number of aryl methyl sites for hydroxylation is 1. The Bertz CT molecular complexity index is 255. The Hall–Kier alpha value is -0.820. The first-order valence-corrected chi connectivity index (χ1v) is 5.04. The van der Waals surface area contributed by atoms with E-state index in [1.165, 1.54) is 17.5 Å². The van der Waals surface area contributed by atoms with Crippen LogP contribution in [0.25, 0.3) is 0 Å². The summed E-state index contributed by atoms with van der Waals surface area (Å²) in [5.74, 6) is 0. The molecule has 1 aromatic carbocycles. The highest BCUT2D eigenvalue weighted by Gasteiger charge is 2.05. The minimum Gasteiger partial charge on any atom is -0.310 e. The number of hydrogen-bond donors (Lipinski definition) is 1. The summed E-state index contributed by atoms with van der Waals surface area (Å²) < 4.78 is 0. The summed E-state index contributed by atoms with van der Waals surface area (Å²) in [6, 6.07) is 9.03. The normalized spacial score (nSPS) is 12.8. The van der Waals surface area contributed by atoms with E-state index in [1.54, 1.807) is 0 Å². The molecule has 0 amide bonds. The van der Waals surface area contributed by atoms with Gasteiger partial charge in [-0.2, -0.15) is 0 Å². The molecule has 0 heterocycles. The van der Waals surface area contributed by atoms with E-state index in [9.17, 15) is 0 Å². The van der Waals surface area contributed by atoms with Gasteiger partial charge in [-0.05, 0) is 37.9 Å². The van der Waals surface area contributed by atoms with Crippen LogP contribution in [0.15, 0.2) is 24.3 Å². The van der Waals surface area contributed by atoms with Crippen molar-refractivity contribution >= 4 is 0 Å². The highest BCUT2D eigenvalue weighted by atomic mass is 14.9. The van der Waals surface area contributed by atoms with Crippen LogP contribution in [0.1, 0.15) is 37.4 Å². The van der Waals surface area contributed by atoms with Gasteiger partial charge in [-0.15, -0.1) is 0 Å². The van der Waals surface area contributed by atoms with Crippen molar-refractivity contribution in [2.24, 2.45) is 0 Å². The second kappa shape index (κ2) is 5.03. The van der Waals surface area contributed by atoms with Crippen molar-refractivity contribution in [3.63, 3.8) is 0 Å². The van der Waals surface area contributed by atoms with E-state index in [4.69, 9.17) is 0 Å². The smallest absolute Gasteiger partial charge is 0.0294 e. The average molecular weight is 177 g/mol. The Balaban J connectivity index is 2.65. The SMILES string of the molecule is CCCN[C@@H](C)c1ccccc1C. The summed E-state index contributed by atoms with van der Waals surface area (Å²) in [5, 5.41) is 3.49. The molecule has 0 fully saturated rings. The van der Waals surface area contributed by atoms with Gasteiger partial charge in [0.25, 0.3) is 0 Å². The third kappa shape index (κ3) is 2.85. The molecule has 0 aliphatic carbocycles. The summed E-state index contributed by atoms with van der Waals surface area (Å²) in [6.45, 7) is 7.67. The van der Waals surface area contributed by atoms with Gasteiger partial charge in [-0.1, -0.05) is 31.2 Å². The zero-order valence-corrected chi connectivity index (χ0v) is 8.80. The van der Waals surface area contributed by atoms with E-state index in [2.05, 4.69) is 50.4 Å². The van der Waals surface area contributed by atoms with E-state index < -0.39 is 0 Å². The summed E-state index contributed by atoms with van der Waals surface area (Å²) >= 11 is 0. The molecule has 0 unspecified atom stereocenters. The molecule has 0 bridgehead atoms. The van der Waals surface area contributed by atoms with Gasteiger partial charge >= 0.3 is 0 Å². The molecule has 1 heteroatoms. The Kier molecular flexibility index (Phi) is 3.97. The lowest BCUT2D eigenvalue weighted by atomic mass is 10.0. The molecular formula is C12H19N. The molecule has 0 radical (unpaired) electrons. The first-order valence-electron chi connectivity index (χ1n) is 5.04. The van der Waals surface area contributed by atoms with Crippen molar-refractivity contribution < 1.29 is 0 Å². The third-order valence-electron chi connectivity index (χ3n) is 2.36. The van der Waals surface area contributed by atoms with Gasteiger partial charge in [0.15, 0.2) is 0 Å². The molecule has 0 aliphatic heterocycles. The fourth-order valence-electron chi connectivity index (χ4n) is 1.54. The fraction of sp³-hybridized carbons (Fsp3) is 0.500. The van der Waals surface area contributed by atoms with Gasteiger partial charge in [-0.3, -0.25) is 0 Å². The van der Waals surface area contributed by atoms with E-state index in [0.717, 1.165) is 6.54 Å². The van der Waals surface area contributed by atoms with Crippen LogP contribution in [-0.2, 0) is 0 Å². The molecule has 72 valence electrons. The molecule has 1 rings (SSSR count). The molecule has 1 aromatic rings. The van der Waals surface area contributed by atoms with Crippen molar-refractivity contribution in [1.29, 1.82) is 0 Å². The van der Waals surface area contributed by atoms with Crippen LogP contribution in [0.2, 0.25) is 0 Å². The van der Waals surface area contributed by atoms with Crippen molar-refractivity contribution in [3.8, 4) is 0 Å². The predicted molar refractivity (Wildman–Crippen MR) is 57.9 cm³/mol. The zero-order chi connectivity index (χ0) is 9.68. The minimum atomic E-state index is 0.473. The van der Waals surface area contributed by atoms with Crippen LogP contribution < -0.4 is 5.32 Å². The lowest BCUT2D eigenvalue weighted by Crippen LogP contribution is -2.19. The van der Waals surface area contributed by atoms with Crippen LogP contribution >= 0.6 is 0 Å². The lowest BCUT2D eigenvalue weighted by molar-refractivity contribution is 0.568. The molecule has 1 N–H and O–H groups in total.